The Morgan fingerprint density at radius 2 is 0.833 bits per heavy atom. The maximum absolute atomic E-state index is 11.7. The average Bonchev–Trinajstić information content (AvgIpc) is 3.70. The molecule has 0 radical (unpaired) electrons. The van der Waals surface area contributed by atoms with E-state index in [-0.39, 0.29) is 6.42 Å². The van der Waals surface area contributed by atoms with E-state index in [4.69, 9.17) is 29.8 Å². The van der Waals surface area contributed by atoms with Crippen LogP contribution >= 0.6 is 7.82 Å². The van der Waals surface area contributed by atoms with Crippen molar-refractivity contribution in [2.75, 3.05) is 6.61 Å². The van der Waals surface area contributed by atoms with Crippen molar-refractivity contribution in [3.63, 3.8) is 0 Å². The lowest BCUT2D eigenvalue weighted by Crippen LogP contribution is -2.33. The Morgan fingerprint density at radius 3 is 1.10 bits per heavy atom. The molecule has 1 aliphatic heterocycles. The van der Waals surface area contributed by atoms with E-state index in [1.54, 1.807) is 0 Å². The molecule has 1 fully saturated rings. The number of aromatic nitrogens is 2. The van der Waals surface area contributed by atoms with Crippen molar-refractivity contribution in [3.05, 3.63) is 32.6 Å². The summed E-state index contributed by atoms with van der Waals surface area (Å²) in [5, 5.41) is 35.2. The molecule has 1 aromatic rings. The molecular formula is C55H105N2O14P. The minimum Gasteiger partial charge on any atom is -0.481 e. The Balaban J connectivity index is 0. The minimum absolute atomic E-state index is 0.0283. The summed E-state index contributed by atoms with van der Waals surface area (Å²) < 4.78 is 21.4. The van der Waals surface area contributed by atoms with Crippen LogP contribution in [0.5, 0.6) is 0 Å². The Bertz CT molecular complexity index is 1510. The second-order valence-electron chi connectivity index (χ2n) is 19.8. The van der Waals surface area contributed by atoms with E-state index in [1.807, 2.05) is 0 Å². The number of hydrogen-bond donors (Lipinski definition) is 7. The van der Waals surface area contributed by atoms with Gasteiger partial charge >= 0.3 is 31.4 Å². The number of phosphoric ester groups is 1. The van der Waals surface area contributed by atoms with E-state index in [2.05, 4.69) is 30.3 Å². The molecular weight excluding hydrogens is 944 g/mol. The summed E-state index contributed by atoms with van der Waals surface area (Å²) >= 11 is 0. The number of aromatic amines is 1. The topological polar surface area (TPSA) is 263 Å². The molecule has 0 amide bonds. The van der Waals surface area contributed by atoms with Gasteiger partial charge in [-0.15, -0.1) is 0 Å². The molecule has 0 saturated carbocycles. The molecule has 0 spiro atoms. The van der Waals surface area contributed by atoms with Crippen molar-refractivity contribution >= 4 is 25.7 Å². The lowest BCUT2D eigenvalue weighted by molar-refractivity contribution is -0.138. The molecule has 16 nitrogen and oxygen atoms in total. The van der Waals surface area contributed by atoms with Crippen LogP contribution in [-0.4, -0.2) is 76.5 Å². The molecule has 7 N–H and O–H groups in total. The highest BCUT2D eigenvalue weighted by Gasteiger charge is 2.37. The van der Waals surface area contributed by atoms with Gasteiger partial charge in [-0.2, -0.15) is 0 Å². The maximum Gasteiger partial charge on any atom is 0.469 e. The molecule has 2 rings (SSSR count). The number of aryl methyl sites for hydroxylation is 1. The van der Waals surface area contributed by atoms with Gasteiger partial charge in [-0.1, -0.05) is 233 Å². The first kappa shape index (κ1) is 71.2. The number of carboxylic acid groups (broad SMARTS) is 3. The van der Waals surface area contributed by atoms with Gasteiger partial charge in [-0.05, 0) is 26.2 Å². The molecule has 1 aliphatic rings. The number of ether oxygens (including phenoxy) is 1. The molecule has 17 heteroatoms. The first-order valence-corrected chi connectivity index (χ1v) is 30.0. The molecule has 3 atom stereocenters. The largest absolute Gasteiger partial charge is 0.481 e. The minimum atomic E-state index is -4.67. The number of nitrogens with one attached hydrogen (secondary N) is 1. The number of carboxylic acids is 3. The SMILES string of the molecule is CCCCCCCCCCCCCCC(=O)O.CCCCCCCCCCCCCCC(=O)O.CCCCCCCCCCCCCCC(=O)O.Cc1cn([C@H]2C[C@H](O)[C@@H](COP(=O)(O)O)O2)c(=O)[nH]c1=O. The number of rotatable bonds is 43. The predicted molar refractivity (Wildman–Crippen MR) is 289 cm³/mol. The van der Waals surface area contributed by atoms with E-state index in [0.717, 1.165) is 43.1 Å². The smallest absolute Gasteiger partial charge is 0.469 e. The zero-order valence-corrected chi connectivity index (χ0v) is 46.5. The van der Waals surface area contributed by atoms with E-state index in [0.29, 0.717) is 24.8 Å². The van der Waals surface area contributed by atoms with E-state index >= 15 is 0 Å². The Labute approximate surface area is 434 Å². The van der Waals surface area contributed by atoms with Gasteiger partial charge in [0.1, 0.15) is 12.3 Å². The van der Waals surface area contributed by atoms with Gasteiger partial charge in [0.05, 0.1) is 12.7 Å². The molecule has 0 aliphatic carbocycles. The quantitative estimate of drug-likeness (QED) is 0.0237. The highest BCUT2D eigenvalue weighted by atomic mass is 31.2. The van der Waals surface area contributed by atoms with Crippen molar-refractivity contribution in [3.8, 4) is 0 Å². The second-order valence-corrected chi connectivity index (χ2v) is 21.0. The summed E-state index contributed by atoms with van der Waals surface area (Å²) in [7, 11) is -4.67. The van der Waals surface area contributed by atoms with Crippen LogP contribution < -0.4 is 11.2 Å². The van der Waals surface area contributed by atoms with Gasteiger partial charge in [-0.25, -0.2) is 9.36 Å². The molecule has 2 heterocycles. The number of hydrogen-bond acceptors (Lipinski definition) is 9. The fourth-order valence-electron chi connectivity index (χ4n) is 8.36. The highest BCUT2D eigenvalue weighted by molar-refractivity contribution is 7.46. The summed E-state index contributed by atoms with van der Waals surface area (Å²) in [6.45, 7) is 7.76. The fraction of sp³-hybridized carbons (Fsp3) is 0.873. The third kappa shape index (κ3) is 49.3. The van der Waals surface area contributed by atoms with Gasteiger partial charge in [0, 0.05) is 37.4 Å². The van der Waals surface area contributed by atoms with Crippen LogP contribution in [0.3, 0.4) is 0 Å². The Kier molecular flexibility index (Phi) is 49.7. The molecule has 1 aromatic heterocycles. The molecule has 0 unspecified atom stereocenters. The fourth-order valence-corrected chi connectivity index (χ4v) is 8.70. The van der Waals surface area contributed by atoms with Crippen molar-refractivity contribution in [2.24, 2.45) is 0 Å². The van der Waals surface area contributed by atoms with Crippen LogP contribution in [0.4, 0.5) is 0 Å². The molecule has 0 bridgehead atoms. The Hall–Kier alpha value is -2.88. The standard InChI is InChI=1S/3C15H30O2.C10H15N2O8P/c3*1-2-3-4-5-6-7-8-9-10-11-12-13-14-15(16)17;1-5-3-12(10(15)11-9(5)14)8-2-6(13)7(20-8)4-19-21(16,17)18/h3*2-14H2,1H3,(H,16,17);3,6-8,13H,2,4H2,1H3,(H,11,14,15)(H2,16,17,18)/t;;;6-,7+,8+/m...0/s1. The maximum atomic E-state index is 11.7. The lowest BCUT2D eigenvalue weighted by Gasteiger charge is -2.16. The van der Waals surface area contributed by atoms with Crippen LogP contribution in [0.25, 0.3) is 0 Å². The number of H-pyrrole nitrogens is 1. The van der Waals surface area contributed by atoms with E-state index in [1.165, 1.54) is 206 Å². The third-order valence-corrected chi connectivity index (χ3v) is 13.3. The van der Waals surface area contributed by atoms with Gasteiger partial charge in [-0.3, -0.25) is 33.3 Å². The van der Waals surface area contributed by atoms with Crippen LogP contribution in [0.2, 0.25) is 0 Å². The molecule has 1 saturated heterocycles. The third-order valence-electron chi connectivity index (χ3n) is 12.8. The number of aliphatic hydroxyl groups is 1. The summed E-state index contributed by atoms with van der Waals surface area (Å²) in [6, 6.07) is 0. The molecule has 0 aromatic carbocycles. The number of unbranched alkanes of at least 4 members (excludes halogenated alkanes) is 33. The van der Waals surface area contributed by atoms with Crippen LogP contribution in [0.15, 0.2) is 15.8 Å². The van der Waals surface area contributed by atoms with Gasteiger partial charge in [0.2, 0.25) is 0 Å². The lowest BCUT2D eigenvalue weighted by atomic mass is 10.0. The summed E-state index contributed by atoms with van der Waals surface area (Å²) in [5.74, 6) is -1.97. The van der Waals surface area contributed by atoms with Crippen molar-refractivity contribution in [1.29, 1.82) is 0 Å². The number of nitrogens with zero attached hydrogens (tertiary/aromatic N) is 1. The monoisotopic (exact) mass is 1050 g/mol. The zero-order valence-electron chi connectivity index (χ0n) is 45.6. The summed E-state index contributed by atoms with van der Waals surface area (Å²) in [5.41, 5.74) is -0.918. The van der Waals surface area contributed by atoms with E-state index in [9.17, 15) is 33.6 Å². The van der Waals surface area contributed by atoms with Crippen molar-refractivity contribution < 1.29 is 58.4 Å². The highest BCUT2D eigenvalue weighted by Crippen LogP contribution is 2.38. The van der Waals surface area contributed by atoms with Crippen LogP contribution in [0, 0.1) is 6.92 Å². The first-order valence-electron chi connectivity index (χ1n) is 28.5. The zero-order chi connectivity index (χ0) is 54.1. The number of phosphoric acid groups is 1. The van der Waals surface area contributed by atoms with Gasteiger partial charge < -0.3 is 34.9 Å². The van der Waals surface area contributed by atoms with Crippen molar-refractivity contribution in [1.82, 2.24) is 9.55 Å². The van der Waals surface area contributed by atoms with Crippen molar-refractivity contribution in [2.45, 2.75) is 303 Å². The summed E-state index contributed by atoms with van der Waals surface area (Å²) in [6.07, 6.45) is 45.9. The number of aliphatic carboxylic acids is 3. The van der Waals surface area contributed by atoms with Crippen LogP contribution in [-0.2, 0) is 28.2 Å². The van der Waals surface area contributed by atoms with Crippen LogP contribution in [0.1, 0.15) is 289 Å². The summed E-state index contributed by atoms with van der Waals surface area (Å²) in [4.78, 5) is 73.2. The molecule has 424 valence electrons. The number of aliphatic hydroxyl groups excluding tert-OH is 1. The van der Waals surface area contributed by atoms with E-state index < -0.39 is 62.0 Å². The number of carbonyl (C=O) groups is 3. The predicted octanol–water partition coefficient (Wildman–Crippen LogP) is 14.1. The average molecular weight is 1050 g/mol. The second kappa shape index (κ2) is 50.3. The molecule has 72 heavy (non-hydrogen) atoms. The van der Waals surface area contributed by atoms with Gasteiger partial charge in [0.15, 0.2) is 0 Å². The Morgan fingerprint density at radius 1 is 0.556 bits per heavy atom. The first-order chi connectivity index (χ1) is 34.5. The van der Waals surface area contributed by atoms with Gasteiger partial charge in [0.25, 0.3) is 5.56 Å². The normalized spacial score (nSPS) is 15.2.